The Morgan fingerprint density at radius 1 is 1.26 bits per heavy atom. The third-order valence-electron chi connectivity index (χ3n) is 3.02. The molecule has 2 aromatic rings. The number of pyridine rings is 1. The maximum absolute atomic E-state index is 5.62. The highest BCUT2D eigenvalue weighted by atomic mass is 16.5. The molecule has 102 valence electrons. The highest BCUT2D eigenvalue weighted by Gasteiger charge is 2.12. The second-order valence-corrected chi connectivity index (χ2v) is 4.97. The van der Waals surface area contributed by atoms with E-state index in [1.165, 1.54) is 0 Å². The van der Waals surface area contributed by atoms with Gasteiger partial charge in [0.25, 0.3) is 0 Å². The van der Waals surface area contributed by atoms with E-state index in [-0.39, 0.29) is 0 Å². The molecule has 0 N–H and O–H groups in total. The van der Waals surface area contributed by atoms with Crippen molar-refractivity contribution in [1.82, 2.24) is 14.5 Å². The maximum Gasteiger partial charge on any atom is 0.138 e. The van der Waals surface area contributed by atoms with Crippen LogP contribution in [0, 0.1) is 0 Å². The second-order valence-electron chi connectivity index (χ2n) is 4.97. The molecule has 0 spiro atoms. The van der Waals surface area contributed by atoms with Crippen LogP contribution in [0.4, 0.5) is 0 Å². The van der Waals surface area contributed by atoms with Crippen molar-refractivity contribution in [3.8, 4) is 17.0 Å². The van der Waals surface area contributed by atoms with Gasteiger partial charge in [0, 0.05) is 24.7 Å². The second kappa shape index (κ2) is 5.87. The number of rotatable bonds is 5. The first-order valence-electron chi connectivity index (χ1n) is 6.73. The van der Waals surface area contributed by atoms with Gasteiger partial charge in [0.05, 0.1) is 24.7 Å². The molecular formula is C15H21N3O. The zero-order valence-corrected chi connectivity index (χ0v) is 12.1. The zero-order valence-electron chi connectivity index (χ0n) is 12.1. The van der Waals surface area contributed by atoms with Gasteiger partial charge in [-0.3, -0.25) is 4.98 Å². The quantitative estimate of drug-likeness (QED) is 0.826. The van der Waals surface area contributed by atoms with Crippen molar-refractivity contribution >= 4 is 0 Å². The molecule has 0 aliphatic carbocycles. The molecule has 0 aromatic carbocycles. The van der Waals surface area contributed by atoms with Gasteiger partial charge in [-0.25, -0.2) is 4.98 Å². The van der Waals surface area contributed by atoms with Crippen LogP contribution in [0.3, 0.4) is 0 Å². The van der Waals surface area contributed by atoms with E-state index in [1.54, 1.807) is 6.20 Å². The maximum atomic E-state index is 5.62. The molecule has 0 bridgehead atoms. The minimum Gasteiger partial charge on any atom is -0.492 e. The largest absolute Gasteiger partial charge is 0.492 e. The van der Waals surface area contributed by atoms with Crippen molar-refractivity contribution in [3.63, 3.8) is 0 Å². The lowest BCUT2D eigenvalue weighted by Crippen LogP contribution is -2.02. The molecule has 0 fully saturated rings. The van der Waals surface area contributed by atoms with E-state index >= 15 is 0 Å². The molecule has 0 aliphatic rings. The third-order valence-corrected chi connectivity index (χ3v) is 3.02. The molecule has 0 atom stereocenters. The van der Waals surface area contributed by atoms with E-state index in [9.17, 15) is 0 Å². The Balaban J connectivity index is 2.31. The fourth-order valence-electron chi connectivity index (χ4n) is 2.09. The smallest absolute Gasteiger partial charge is 0.138 e. The van der Waals surface area contributed by atoms with Crippen LogP contribution in [0.2, 0.25) is 0 Å². The topological polar surface area (TPSA) is 39.9 Å². The minimum absolute atomic E-state index is 0.409. The van der Waals surface area contributed by atoms with Crippen molar-refractivity contribution in [2.24, 2.45) is 7.05 Å². The first-order valence-corrected chi connectivity index (χ1v) is 6.73. The Morgan fingerprint density at radius 3 is 2.68 bits per heavy atom. The number of hydrogen-bond acceptors (Lipinski definition) is 3. The standard InChI is InChI=1S/C15H21N3O/c1-5-6-19-13-7-12(8-16-9-13)14-10-17-15(11(2)3)18(14)4/h7-11H,5-6H2,1-4H3. The molecule has 2 rings (SSSR count). The van der Waals surface area contributed by atoms with Crippen LogP contribution in [-0.2, 0) is 7.05 Å². The van der Waals surface area contributed by atoms with Crippen molar-refractivity contribution in [2.75, 3.05) is 6.61 Å². The molecule has 2 aromatic heterocycles. The van der Waals surface area contributed by atoms with Crippen LogP contribution in [0.1, 0.15) is 38.9 Å². The molecule has 0 saturated heterocycles. The Morgan fingerprint density at radius 2 is 2.05 bits per heavy atom. The fraction of sp³-hybridized carbons (Fsp3) is 0.467. The molecular weight excluding hydrogens is 238 g/mol. The summed E-state index contributed by atoms with van der Waals surface area (Å²) in [6.07, 6.45) is 6.49. The number of imidazole rings is 1. The average Bonchev–Trinajstić information content (AvgIpc) is 2.78. The van der Waals surface area contributed by atoms with Gasteiger partial charge in [-0.1, -0.05) is 20.8 Å². The summed E-state index contributed by atoms with van der Waals surface area (Å²) in [5, 5.41) is 0. The van der Waals surface area contributed by atoms with Crippen molar-refractivity contribution in [1.29, 1.82) is 0 Å². The Bertz CT molecular complexity index is 546. The van der Waals surface area contributed by atoms with E-state index in [1.807, 2.05) is 25.5 Å². The lowest BCUT2D eigenvalue weighted by atomic mass is 10.2. The minimum atomic E-state index is 0.409. The Hall–Kier alpha value is -1.84. The highest BCUT2D eigenvalue weighted by molar-refractivity contribution is 5.60. The molecule has 0 radical (unpaired) electrons. The molecule has 0 aliphatic heterocycles. The normalized spacial score (nSPS) is 11.0. The summed E-state index contributed by atoms with van der Waals surface area (Å²) >= 11 is 0. The van der Waals surface area contributed by atoms with Gasteiger partial charge in [-0.05, 0) is 12.5 Å². The summed E-state index contributed by atoms with van der Waals surface area (Å²) in [5.74, 6) is 2.30. The van der Waals surface area contributed by atoms with Gasteiger partial charge in [-0.15, -0.1) is 0 Å². The predicted molar refractivity (Wildman–Crippen MR) is 76.3 cm³/mol. The molecule has 2 heterocycles. The highest BCUT2D eigenvalue weighted by Crippen LogP contribution is 2.25. The monoisotopic (exact) mass is 259 g/mol. The van der Waals surface area contributed by atoms with Crippen LogP contribution in [-0.4, -0.2) is 21.1 Å². The first kappa shape index (κ1) is 13.6. The van der Waals surface area contributed by atoms with Gasteiger partial charge < -0.3 is 9.30 Å². The van der Waals surface area contributed by atoms with Crippen LogP contribution in [0.15, 0.2) is 24.7 Å². The van der Waals surface area contributed by atoms with Crippen molar-refractivity contribution in [3.05, 3.63) is 30.5 Å². The lowest BCUT2D eigenvalue weighted by molar-refractivity contribution is 0.316. The summed E-state index contributed by atoms with van der Waals surface area (Å²) in [7, 11) is 2.04. The Kier molecular flexibility index (Phi) is 4.20. The zero-order chi connectivity index (χ0) is 13.8. The van der Waals surface area contributed by atoms with E-state index < -0.39 is 0 Å². The van der Waals surface area contributed by atoms with Crippen LogP contribution < -0.4 is 4.74 Å². The Labute approximate surface area is 114 Å². The molecule has 19 heavy (non-hydrogen) atoms. The van der Waals surface area contributed by atoms with Crippen LogP contribution >= 0.6 is 0 Å². The number of ether oxygens (including phenoxy) is 1. The molecule has 0 saturated carbocycles. The van der Waals surface area contributed by atoms with Gasteiger partial charge >= 0.3 is 0 Å². The van der Waals surface area contributed by atoms with Crippen LogP contribution in [0.5, 0.6) is 5.75 Å². The van der Waals surface area contributed by atoms with Gasteiger partial charge in [-0.2, -0.15) is 0 Å². The first-order chi connectivity index (χ1) is 9.13. The SMILES string of the molecule is CCCOc1cncc(-c2cnc(C(C)C)n2C)c1. The number of nitrogens with zero attached hydrogens (tertiary/aromatic N) is 3. The summed E-state index contributed by atoms with van der Waals surface area (Å²) in [6.45, 7) is 7.09. The van der Waals surface area contributed by atoms with Crippen molar-refractivity contribution in [2.45, 2.75) is 33.1 Å². The molecule has 0 unspecified atom stereocenters. The number of hydrogen-bond donors (Lipinski definition) is 0. The molecule has 4 heteroatoms. The third kappa shape index (κ3) is 2.95. The van der Waals surface area contributed by atoms with E-state index in [0.29, 0.717) is 12.5 Å². The van der Waals surface area contributed by atoms with Gasteiger partial charge in [0.2, 0.25) is 0 Å². The summed E-state index contributed by atoms with van der Waals surface area (Å²) < 4.78 is 7.74. The number of aromatic nitrogens is 3. The lowest BCUT2D eigenvalue weighted by Gasteiger charge is -2.09. The summed E-state index contributed by atoms with van der Waals surface area (Å²) in [6, 6.07) is 2.02. The summed E-state index contributed by atoms with van der Waals surface area (Å²) in [4.78, 5) is 8.72. The molecule has 0 amide bonds. The average molecular weight is 259 g/mol. The van der Waals surface area contributed by atoms with Crippen LogP contribution in [0.25, 0.3) is 11.3 Å². The van der Waals surface area contributed by atoms with E-state index in [2.05, 4.69) is 35.3 Å². The predicted octanol–water partition coefficient (Wildman–Crippen LogP) is 3.39. The van der Waals surface area contributed by atoms with E-state index in [4.69, 9.17) is 4.74 Å². The van der Waals surface area contributed by atoms with Crippen molar-refractivity contribution < 1.29 is 4.74 Å². The van der Waals surface area contributed by atoms with Gasteiger partial charge in [0.15, 0.2) is 0 Å². The summed E-state index contributed by atoms with van der Waals surface area (Å²) in [5.41, 5.74) is 2.11. The van der Waals surface area contributed by atoms with E-state index in [0.717, 1.165) is 29.3 Å². The fourth-order valence-corrected chi connectivity index (χ4v) is 2.09. The molecule has 4 nitrogen and oxygen atoms in total. The van der Waals surface area contributed by atoms with Gasteiger partial charge in [0.1, 0.15) is 11.6 Å².